The number of halogens is 3. The van der Waals surface area contributed by atoms with Crippen LogP contribution in [0.3, 0.4) is 0 Å². The summed E-state index contributed by atoms with van der Waals surface area (Å²) in [5, 5.41) is 5.68. The second kappa shape index (κ2) is 8.81. The lowest BCUT2D eigenvalue weighted by atomic mass is 10.1. The Balaban J connectivity index is 2.63. The first-order valence-electron chi connectivity index (χ1n) is 6.51. The lowest BCUT2D eigenvalue weighted by Crippen LogP contribution is -2.53. The van der Waals surface area contributed by atoms with Gasteiger partial charge in [0.05, 0.1) is 0 Å². The van der Waals surface area contributed by atoms with Gasteiger partial charge in [0, 0.05) is 19.3 Å². The highest BCUT2D eigenvalue weighted by atomic mass is 35.6. The molecule has 1 aromatic rings. The van der Waals surface area contributed by atoms with Crippen molar-refractivity contribution in [2.45, 2.75) is 23.3 Å². The highest BCUT2D eigenvalue weighted by Crippen LogP contribution is 2.29. The molecule has 0 aliphatic rings. The van der Waals surface area contributed by atoms with Gasteiger partial charge in [-0.05, 0) is 32.0 Å². The van der Waals surface area contributed by atoms with Gasteiger partial charge in [-0.25, -0.2) is 0 Å². The first-order chi connectivity index (χ1) is 9.84. The van der Waals surface area contributed by atoms with Crippen molar-refractivity contribution in [3.8, 4) is 0 Å². The fourth-order valence-corrected chi connectivity index (χ4v) is 2.03. The average Bonchev–Trinajstić information content (AvgIpc) is 2.41. The normalized spacial score (nSPS) is 13.0. The van der Waals surface area contributed by atoms with E-state index < -0.39 is 9.96 Å². The molecule has 0 fully saturated rings. The van der Waals surface area contributed by atoms with Gasteiger partial charge in [0.25, 0.3) is 5.91 Å². The van der Waals surface area contributed by atoms with Gasteiger partial charge >= 0.3 is 0 Å². The van der Waals surface area contributed by atoms with Crippen molar-refractivity contribution in [3.63, 3.8) is 0 Å². The van der Waals surface area contributed by atoms with Crippen LogP contribution in [0.4, 0.5) is 0 Å². The molecule has 0 radical (unpaired) electrons. The molecule has 118 valence electrons. The van der Waals surface area contributed by atoms with Crippen molar-refractivity contribution in [1.82, 2.24) is 10.6 Å². The number of rotatable bonds is 7. The Morgan fingerprint density at radius 3 is 2.43 bits per heavy atom. The van der Waals surface area contributed by atoms with Crippen molar-refractivity contribution >= 4 is 40.7 Å². The predicted octanol–water partition coefficient (Wildman–Crippen LogP) is 3.05. The van der Waals surface area contributed by atoms with Crippen LogP contribution in [0.2, 0.25) is 0 Å². The van der Waals surface area contributed by atoms with Crippen molar-refractivity contribution in [2.24, 2.45) is 0 Å². The summed E-state index contributed by atoms with van der Waals surface area (Å²) in [6.45, 7) is 3.09. The van der Waals surface area contributed by atoms with E-state index in [4.69, 9.17) is 39.5 Å². The van der Waals surface area contributed by atoms with Crippen LogP contribution in [-0.4, -0.2) is 36.1 Å². The van der Waals surface area contributed by atoms with Crippen molar-refractivity contribution in [2.75, 3.05) is 20.3 Å². The van der Waals surface area contributed by atoms with Crippen LogP contribution in [0.1, 0.15) is 22.3 Å². The van der Waals surface area contributed by atoms with Crippen molar-refractivity contribution < 1.29 is 9.53 Å². The number of carbonyl (C=O) groups is 1. The Morgan fingerprint density at radius 2 is 1.90 bits per heavy atom. The summed E-state index contributed by atoms with van der Waals surface area (Å²) in [7, 11) is 1.62. The van der Waals surface area contributed by atoms with Crippen LogP contribution in [0.5, 0.6) is 0 Å². The van der Waals surface area contributed by atoms with Crippen LogP contribution in [0.25, 0.3) is 0 Å². The number of hydrogen-bond donors (Lipinski definition) is 2. The van der Waals surface area contributed by atoms with E-state index in [1.54, 1.807) is 19.2 Å². The third-order valence-corrected chi connectivity index (χ3v) is 3.44. The fourth-order valence-electron chi connectivity index (χ4n) is 1.63. The number of amides is 1. The molecule has 0 aliphatic carbocycles. The number of hydrogen-bond acceptors (Lipinski definition) is 3. The zero-order chi connectivity index (χ0) is 15.9. The van der Waals surface area contributed by atoms with Gasteiger partial charge in [-0.15, -0.1) is 0 Å². The number of methoxy groups -OCH3 is 1. The maximum Gasteiger partial charge on any atom is 0.252 e. The number of carbonyl (C=O) groups excluding carboxylic acids is 1. The Hall–Kier alpha value is -0.520. The van der Waals surface area contributed by atoms with Crippen LogP contribution in [0, 0.1) is 6.92 Å². The quantitative estimate of drug-likeness (QED) is 0.450. The smallest absolute Gasteiger partial charge is 0.252 e. The van der Waals surface area contributed by atoms with Crippen molar-refractivity contribution in [3.05, 3.63) is 35.4 Å². The van der Waals surface area contributed by atoms with E-state index in [1.807, 2.05) is 19.1 Å². The number of benzene rings is 1. The van der Waals surface area contributed by atoms with Crippen molar-refractivity contribution in [1.29, 1.82) is 0 Å². The van der Waals surface area contributed by atoms with Crippen LogP contribution >= 0.6 is 34.8 Å². The molecule has 4 nitrogen and oxygen atoms in total. The summed E-state index contributed by atoms with van der Waals surface area (Å²) in [5.74, 6) is -0.300. The summed E-state index contributed by atoms with van der Waals surface area (Å²) in [6.07, 6.45) is -0.0399. The Kier molecular flexibility index (Phi) is 7.77. The van der Waals surface area contributed by atoms with Gasteiger partial charge in [0.1, 0.15) is 6.17 Å². The first-order valence-corrected chi connectivity index (χ1v) is 7.64. The maximum absolute atomic E-state index is 12.2. The van der Waals surface area contributed by atoms with E-state index in [-0.39, 0.29) is 5.91 Å². The topological polar surface area (TPSA) is 50.4 Å². The maximum atomic E-state index is 12.2. The minimum atomic E-state index is -1.65. The lowest BCUT2D eigenvalue weighted by molar-refractivity contribution is 0.0929. The summed E-state index contributed by atoms with van der Waals surface area (Å²) in [5.41, 5.74) is 1.58. The van der Waals surface area contributed by atoms with E-state index in [0.717, 1.165) is 12.0 Å². The number of aryl methyl sites for hydroxylation is 1. The molecule has 1 atom stereocenters. The Bertz CT molecular complexity index is 447. The summed E-state index contributed by atoms with van der Waals surface area (Å²) in [6, 6.07) is 7.16. The molecule has 0 unspecified atom stereocenters. The number of alkyl halides is 3. The molecule has 0 saturated heterocycles. The van der Waals surface area contributed by atoms with Gasteiger partial charge in [0.2, 0.25) is 3.79 Å². The highest BCUT2D eigenvalue weighted by Gasteiger charge is 2.33. The number of nitrogens with one attached hydrogen (secondary N) is 2. The molecule has 7 heteroatoms. The van der Waals surface area contributed by atoms with Gasteiger partial charge in [0.15, 0.2) is 0 Å². The largest absolute Gasteiger partial charge is 0.385 e. The molecule has 0 aromatic heterocycles. The van der Waals surface area contributed by atoms with Crippen LogP contribution in [-0.2, 0) is 4.74 Å². The van der Waals surface area contributed by atoms with E-state index in [2.05, 4.69) is 10.6 Å². The summed E-state index contributed by atoms with van der Waals surface area (Å²) < 4.78 is 3.30. The highest BCUT2D eigenvalue weighted by molar-refractivity contribution is 6.68. The van der Waals surface area contributed by atoms with E-state index in [9.17, 15) is 4.79 Å². The van der Waals surface area contributed by atoms with Crippen LogP contribution < -0.4 is 10.6 Å². The standard InChI is InChI=1S/C14H19Cl3N2O2/c1-10-4-6-11(7-5-10)12(20)19-13(14(15,16)17)18-8-3-9-21-2/h4-7,13,18H,3,8-9H2,1-2H3,(H,19,20)/t13-/m1/s1. The molecule has 0 bridgehead atoms. The SMILES string of the molecule is COCCCN[C@H](NC(=O)c1ccc(C)cc1)C(Cl)(Cl)Cl. The van der Waals surface area contributed by atoms with E-state index >= 15 is 0 Å². The monoisotopic (exact) mass is 352 g/mol. The lowest BCUT2D eigenvalue weighted by Gasteiger charge is -2.26. The Morgan fingerprint density at radius 1 is 1.29 bits per heavy atom. The molecule has 1 amide bonds. The molecular formula is C14H19Cl3N2O2. The summed E-state index contributed by atoms with van der Waals surface area (Å²) in [4.78, 5) is 12.2. The molecule has 1 rings (SSSR count). The average molecular weight is 354 g/mol. The molecule has 0 spiro atoms. The Labute approximate surface area is 140 Å². The van der Waals surface area contributed by atoms with Gasteiger partial charge in [-0.1, -0.05) is 52.5 Å². The minimum absolute atomic E-state index is 0.300. The van der Waals surface area contributed by atoms with Gasteiger partial charge in [-0.3, -0.25) is 10.1 Å². The van der Waals surface area contributed by atoms with Crippen LogP contribution in [0.15, 0.2) is 24.3 Å². The second-order valence-electron chi connectivity index (χ2n) is 4.61. The van der Waals surface area contributed by atoms with Gasteiger partial charge in [-0.2, -0.15) is 0 Å². The molecule has 0 saturated carbocycles. The third kappa shape index (κ3) is 6.85. The van der Waals surface area contributed by atoms with E-state index in [0.29, 0.717) is 18.7 Å². The second-order valence-corrected chi connectivity index (χ2v) is 6.98. The molecule has 2 N–H and O–H groups in total. The molecule has 0 aliphatic heterocycles. The van der Waals surface area contributed by atoms with Gasteiger partial charge < -0.3 is 10.1 Å². The zero-order valence-electron chi connectivity index (χ0n) is 12.0. The number of ether oxygens (including phenoxy) is 1. The molecule has 21 heavy (non-hydrogen) atoms. The van der Waals surface area contributed by atoms with E-state index in [1.165, 1.54) is 0 Å². The fraction of sp³-hybridized carbons (Fsp3) is 0.500. The zero-order valence-corrected chi connectivity index (χ0v) is 14.2. The molecular weight excluding hydrogens is 335 g/mol. The molecule has 0 heterocycles. The first kappa shape index (κ1) is 18.5. The minimum Gasteiger partial charge on any atom is -0.385 e. The molecule has 1 aromatic carbocycles. The summed E-state index contributed by atoms with van der Waals surface area (Å²) >= 11 is 17.7. The predicted molar refractivity (Wildman–Crippen MR) is 87.2 cm³/mol. The third-order valence-electron chi connectivity index (χ3n) is 2.79.